The van der Waals surface area contributed by atoms with Gasteiger partial charge in [0.05, 0.1) is 0 Å². The maximum Gasteiger partial charge on any atom is 0.0159 e. The molecule has 0 saturated carbocycles. The summed E-state index contributed by atoms with van der Waals surface area (Å²) in [6.07, 6.45) is 0. The molecule has 47 heavy (non-hydrogen) atoms. The number of hydrogen-bond donors (Lipinski definition) is 0. The van der Waals surface area contributed by atoms with Gasteiger partial charge < -0.3 is 0 Å². The summed E-state index contributed by atoms with van der Waals surface area (Å²) in [5.41, 5.74) is 15.4. The van der Waals surface area contributed by atoms with Crippen LogP contribution in [0.2, 0.25) is 0 Å². The lowest BCUT2D eigenvalue weighted by atomic mass is 9.80. The van der Waals surface area contributed by atoms with Crippen LogP contribution in [0.15, 0.2) is 170 Å². The molecule has 0 radical (unpaired) electrons. The Labute approximate surface area is 276 Å². The van der Waals surface area contributed by atoms with Crippen molar-refractivity contribution in [3.8, 4) is 55.6 Å². The van der Waals surface area contributed by atoms with Gasteiger partial charge in [0.25, 0.3) is 0 Å². The second-order valence-corrected chi connectivity index (χ2v) is 13.4. The summed E-state index contributed by atoms with van der Waals surface area (Å²) >= 11 is 0. The van der Waals surface area contributed by atoms with Crippen molar-refractivity contribution in [1.82, 2.24) is 0 Å². The van der Waals surface area contributed by atoms with Gasteiger partial charge in [-0.1, -0.05) is 166 Å². The van der Waals surface area contributed by atoms with Gasteiger partial charge in [-0.05, 0) is 107 Å². The minimum Gasteiger partial charge on any atom is -0.0616 e. The highest BCUT2D eigenvalue weighted by Gasteiger charge is 2.35. The van der Waals surface area contributed by atoms with Crippen LogP contribution in [0.25, 0.3) is 77.2 Å². The van der Waals surface area contributed by atoms with E-state index in [1.54, 1.807) is 0 Å². The first-order chi connectivity index (χ1) is 23.0. The Morgan fingerprint density at radius 1 is 0.298 bits per heavy atom. The van der Waals surface area contributed by atoms with Crippen LogP contribution in [0.4, 0.5) is 0 Å². The summed E-state index contributed by atoms with van der Waals surface area (Å²) in [5.74, 6) is 0. The Hall–Kier alpha value is -5.72. The first kappa shape index (κ1) is 27.6. The third-order valence-corrected chi connectivity index (χ3v) is 10.3. The molecule has 9 rings (SSSR count). The van der Waals surface area contributed by atoms with Gasteiger partial charge >= 0.3 is 0 Å². The average molecular weight is 599 g/mol. The highest BCUT2D eigenvalue weighted by molar-refractivity contribution is 5.97. The van der Waals surface area contributed by atoms with E-state index in [0.717, 1.165) is 0 Å². The van der Waals surface area contributed by atoms with Crippen LogP contribution >= 0.6 is 0 Å². The van der Waals surface area contributed by atoms with E-state index in [2.05, 4.69) is 184 Å². The van der Waals surface area contributed by atoms with Gasteiger partial charge in [-0.25, -0.2) is 0 Å². The van der Waals surface area contributed by atoms with Gasteiger partial charge in [0.15, 0.2) is 0 Å². The van der Waals surface area contributed by atoms with Crippen LogP contribution in [0.5, 0.6) is 0 Å². The fourth-order valence-electron chi connectivity index (χ4n) is 7.64. The second-order valence-electron chi connectivity index (χ2n) is 13.4. The molecule has 8 aromatic rings. The molecule has 0 amide bonds. The lowest BCUT2D eigenvalue weighted by Gasteiger charge is -2.22. The quantitative estimate of drug-likeness (QED) is 0.189. The van der Waals surface area contributed by atoms with Crippen molar-refractivity contribution in [2.24, 2.45) is 0 Å². The topological polar surface area (TPSA) is 0 Å². The average Bonchev–Trinajstić information content (AvgIpc) is 3.36. The van der Waals surface area contributed by atoms with Crippen LogP contribution < -0.4 is 0 Å². The van der Waals surface area contributed by atoms with E-state index in [4.69, 9.17) is 0 Å². The van der Waals surface area contributed by atoms with Crippen molar-refractivity contribution in [2.75, 3.05) is 0 Å². The molecule has 0 bridgehead atoms. The van der Waals surface area contributed by atoms with Crippen molar-refractivity contribution >= 4 is 21.5 Å². The molecular formula is C47H34. The van der Waals surface area contributed by atoms with E-state index in [1.807, 2.05) is 0 Å². The van der Waals surface area contributed by atoms with Crippen molar-refractivity contribution in [3.05, 3.63) is 181 Å². The van der Waals surface area contributed by atoms with Crippen molar-refractivity contribution in [2.45, 2.75) is 19.3 Å². The Bertz CT molecular complexity index is 2450. The van der Waals surface area contributed by atoms with Gasteiger partial charge in [-0.15, -0.1) is 0 Å². The zero-order valence-electron chi connectivity index (χ0n) is 26.7. The van der Waals surface area contributed by atoms with Crippen LogP contribution in [-0.2, 0) is 5.41 Å². The van der Waals surface area contributed by atoms with Gasteiger partial charge in [0.2, 0.25) is 0 Å². The summed E-state index contributed by atoms with van der Waals surface area (Å²) in [4.78, 5) is 0. The molecule has 0 atom stereocenters. The maximum absolute atomic E-state index is 2.42. The van der Waals surface area contributed by atoms with Gasteiger partial charge in [0, 0.05) is 5.41 Å². The number of benzene rings is 8. The van der Waals surface area contributed by atoms with Gasteiger partial charge in [0.1, 0.15) is 0 Å². The Morgan fingerprint density at radius 3 is 1.36 bits per heavy atom. The molecule has 0 aliphatic heterocycles. The molecule has 0 saturated heterocycles. The third-order valence-electron chi connectivity index (χ3n) is 10.3. The SMILES string of the molecule is CC1(C)c2cc(-c3ccc(-c4ccc5ccccc5c4)cc3)ccc2-c2ccc(-c3ccc(-c4cccc5ccccc45)cc3)cc21. The highest BCUT2D eigenvalue weighted by Crippen LogP contribution is 2.50. The highest BCUT2D eigenvalue weighted by atomic mass is 14.4. The molecular weight excluding hydrogens is 565 g/mol. The van der Waals surface area contributed by atoms with Crippen LogP contribution in [-0.4, -0.2) is 0 Å². The van der Waals surface area contributed by atoms with E-state index in [0.29, 0.717) is 0 Å². The van der Waals surface area contributed by atoms with E-state index in [9.17, 15) is 0 Å². The third kappa shape index (κ3) is 4.60. The zero-order valence-corrected chi connectivity index (χ0v) is 26.7. The predicted molar refractivity (Wildman–Crippen MR) is 201 cm³/mol. The second kappa shape index (κ2) is 10.7. The van der Waals surface area contributed by atoms with E-state index in [-0.39, 0.29) is 5.41 Å². The summed E-state index contributed by atoms with van der Waals surface area (Å²) in [6.45, 7) is 4.75. The normalized spacial score (nSPS) is 13.1. The number of rotatable bonds is 4. The fourth-order valence-corrected chi connectivity index (χ4v) is 7.64. The van der Waals surface area contributed by atoms with Gasteiger partial charge in [-0.2, -0.15) is 0 Å². The Kier molecular flexibility index (Phi) is 6.27. The molecule has 0 heterocycles. The van der Waals surface area contributed by atoms with Crippen LogP contribution in [0.1, 0.15) is 25.0 Å². The fraction of sp³-hybridized carbons (Fsp3) is 0.0638. The first-order valence-electron chi connectivity index (χ1n) is 16.5. The van der Waals surface area contributed by atoms with E-state index < -0.39 is 0 Å². The molecule has 222 valence electrons. The molecule has 1 aliphatic carbocycles. The molecule has 8 aromatic carbocycles. The Balaban J connectivity index is 1.01. The smallest absolute Gasteiger partial charge is 0.0159 e. The molecule has 0 fully saturated rings. The molecule has 0 heteroatoms. The monoisotopic (exact) mass is 598 g/mol. The zero-order chi connectivity index (χ0) is 31.5. The largest absolute Gasteiger partial charge is 0.0616 e. The first-order valence-corrected chi connectivity index (χ1v) is 16.5. The number of hydrogen-bond acceptors (Lipinski definition) is 0. The standard InChI is InChI=1S/C47H34/c1-47(2)45-29-39(33-16-14-32(15-17-33)38-23-20-31-8-3-4-10-37(31)28-38)24-26-43(45)44-27-25-40(30-46(44)47)34-18-21-36(22-19-34)42-13-7-11-35-9-5-6-12-41(35)42/h3-30H,1-2H3. The van der Waals surface area contributed by atoms with Crippen molar-refractivity contribution in [1.29, 1.82) is 0 Å². The lowest BCUT2D eigenvalue weighted by molar-refractivity contribution is 0.661. The predicted octanol–water partition coefficient (Wildman–Crippen LogP) is 13.0. The molecule has 0 spiro atoms. The van der Waals surface area contributed by atoms with Crippen LogP contribution in [0.3, 0.4) is 0 Å². The van der Waals surface area contributed by atoms with Crippen LogP contribution in [0, 0.1) is 0 Å². The summed E-state index contributed by atoms with van der Waals surface area (Å²) < 4.78 is 0. The molecule has 0 nitrogen and oxygen atoms in total. The molecule has 1 aliphatic rings. The van der Waals surface area contributed by atoms with Crippen molar-refractivity contribution in [3.63, 3.8) is 0 Å². The van der Waals surface area contributed by atoms with E-state index >= 15 is 0 Å². The minimum absolute atomic E-state index is 0.0926. The minimum atomic E-state index is -0.0926. The molecule has 0 unspecified atom stereocenters. The Morgan fingerprint density at radius 2 is 0.745 bits per heavy atom. The molecule has 0 N–H and O–H groups in total. The summed E-state index contributed by atoms with van der Waals surface area (Å²) in [5, 5.41) is 5.11. The van der Waals surface area contributed by atoms with Crippen molar-refractivity contribution < 1.29 is 0 Å². The van der Waals surface area contributed by atoms with E-state index in [1.165, 1.54) is 88.3 Å². The van der Waals surface area contributed by atoms with Gasteiger partial charge in [-0.3, -0.25) is 0 Å². The lowest BCUT2D eigenvalue weighted by Crippen LogP contribution is -2.15. The number of fused-ring (bicyclic) bond motifs is 5. The summed E-state index contributed by atoms with van der Waals surface area (Å²) in [6, 6.07) is 62.6. The molecule has 0 aromatic heterocycles. The maximum atomic E-state index is 2.42. The summed E-state index contributed by atoms with van der Waals surface area (Å²) in [7, 11) is 0.